The second-order valence-corrected chi connectivity index (χ2v) is 6.53. The Morgan fingerprint density at radius 1 is 1.16 bits per heavy atom. The Morgan fingerprint density at radius 3 is 2.42 bits per heavy atom. The third kappa shape index (κ3) is 4.15. The molecule has 4 N–H and O–H groups in total. The Balaban J connectivity index is 1.99. The SMILES string of the molecule is CSc1nc(NN)cc(NC2CCC(SC)CC2)n1. The standard InChI is InChI=1S/C12H21N5S2/c1-18-9-5-3-8(4-6-9)14-10-7-11(17-13)16-12(15-10)19-2/h7-9H,3-6,13H2,1-2H3,(H2,14,15,16,17). The van der Waals surface area contributed by atoms with Crippen molar-refractivity contribution in [2.75, 3.05) is 23.3 Å². The number of hydrogen-bond acceptors (Lipinski definition) is 7. The molecule has 5 nitrogen and oxygen atoms in total. The highest BCUT2D eigenvalue weighted by molar-refractivity contribution is 7.99. The van der Waals surface area contributed by atoms with E-state index in [4.69, 9.17) is 5.84 Å². The van der Waals surface area contributed by atoms with Gasteiger partial charge in [0, 0.05) is 17.4 Å². The summed E-state index contributed by atoms with van der Waals surface area (Å²) in [5.41, 5.74) is 2.59. The van der Waals surface area contributed by atoms with Crippen molar-refractivity contribution in [3.8, 4) is 0 Å². The number of nitrogen functional groups attached to an aromatic ring is 1. The summed E-state index contributed by atoms with van der Waals surface area (Å²) in [5.74, 6) is 6.95. The van der Waals surface area contributed by atoms with Crippen LogP contribution in [0.5, 0.6) is 0 Å². The lowest BCUT2D eigenvalue weighted by Gasteiger charge is -2.28. The zero-order chi connectivity index (χ0) is 13.7. The molecule has 0 aromatic carbocycles. The molecule has 7 heteroatoms. The summed E-state index contributed by atoms with van der Waals surface area (Å²) in [7, 11) is 0. The topological polar surface area (TPSA) is 75.9 Å². The van der Waals surface area contributed by atoms with Crippen molar-refractivity contribution < 1.29 is 0 Å². The number of anilines is 2. The third-order valence-electron chi connectivity index (χ3n) is 3.40. The van der Waals surface area contributed by atoms with Crippen LogP contribution in [-0.4, -0.2) is 33.8 Å². The molecule has 0 amide bonds. The van der Waals surface area contributed by atoms with Crippen molar-refractivity contribution in [1.82, 2.24) is 9.97 Å². The minimum atomic E-state index is 0.513. The van der Waals surface area contributed by atoms with Crippen LogP contribution in [0.15, 0.2) is 11.2 Å². The number of thioether (sulfide) groups is 2. The van der Waals surface area contributed by atoms with Crippen molar-refractivity contribution in [2.45, 2.75) is 42.1 Å². The molecule has 1 fully saturated rings. The highest BCUT2D eigenvalue weighted by Crippen LogP contribution is 2.28. The number of nitrogens with zero attached hydrogens (tertiary/aromatic N) is 2. The molecule has 0 aliphatic heterocycles. The van der Waals surface area contributed by atoms with Gasteiger partial charge in [0.2, 0.25) is 0 Å². The smallest absolute Gasteiger partial charge is 0.191 e. The summed E-state index contributed by atoms with van der Waals surface area (Å²) in [4.78, 5) is 8.73. The molecule has 1 heterocycles. The molecule has 0 saturated heterocycles. The molecule has 0 atom stereocenters. The van der Waals surface area contributed by atoms with Gasteiger partial charge in [0.05, 0.1) is 0 Å². The van der Waals surface area contributed by atoms with Gasteiger partial charge in [-0.25, -0.2) is 15.8 Å². The van der Waals surface area contributed by atoms with Gasteiger partial charge in [0.1, 0.15) is 11.6 Å². The molecule has 0 spiro atoms. The van der Waals surface area contributed by atoms with Crippen LogP contribution in [0.4, 0.5) is 11.6 Å². The largest absolute Gasteiger partial charge is 0.367 e. The number of aromatic nitrogens is 2. The first kappa shape index (κ1) is 14.7. The van der Waals surface area contributed by atoms with Gasteiger partial charge in [-0.3, -0.25) is 0 Å². The van der Waals surface area contributed by atoms with E-state index in [-0.39, 0.29) is 0 Å². The first-order chi connectivity index (χ1) is 9.25. The molecule has 1 aliphatic carbocycles. The monoisotopic (exact) mass is 299 g/mol. The molecule has 0 bridgehead atoms. The van der Waals surface area contributed by atoms with E-state index >= 15 is 0 Å². The highest BCUT2D eigenvalue weighted by Gasteiger charge is 2.20. The van der Waals surface area contributed by atoms with E-state index < -0.39 is 0 Å². The predicted octanol–water partition coefficient (Wildman–Crippen LogP) is 2.57. The second-order valence-electron chi connectivity index (χ2n) is 4.62. The zero-order valence-electron chi connectivity index (χ0n) is 11.3. The van der Waals surface area contributed by atoms with Crippen molar-refractivity contribution in [2.24, 2.45) is 5.84 Å². The Hall–Kier alpha value is -0.660. The maximum absolute atomic E-state index is 5.43. The van der Waals surface area contributed by atoms with E-state index in [1.165, 1.54) is 37.4 Å². The van der Waals surface area contributed by atoms with Crippen LogP contribution < -0.4 is 16.6 Å². The summed E-state index contributed by atoms with van der Waals surface area (Å²) in [6.07, 6.45) is 9.13. The van der Waals surface area contributed by atoms with Gasteiger partial charge in [-0.2, -0.15) is 11.8 Å². The molecular formula is C12H21N5S2. The summed E-state index contributed by atoms with van der Waals surface area (Å²) >= 11 is 3.50. The number of nitrogens with one attached hydrogen (secondary N) is 2. The number of hydrogen-bond donors (Lipinski definition) is 3. The fourth-order valence-corrected chi connectivity index (χ4v) is 3.44. The fourth-order valence-electron chi connectivity index (χ4n) is 2.32. The molecule has 0 unspecified atom stereocenters. The highest BCUT2D eigenvalue weighted by atomic mass is 32.2. The van der Waals surface area contributed by atoms with Crippen LogP contribution in [0.25, 0.3) is 0 Å². The van der Waals surface area contributed by atoms with Crippen LogP contribution >= 0.6 is 23.5 Å². The van der Waals surface area contributed by atoms with Crippen molar-refractivity contribution in [3.63, 3.8) is 0 Å². The molecule has 0 radical (unpaired) electrons. The van der Waals surface area contributed by atoms with Gasteiger partial charge in [-0.15, -0.1) is 0 Å². The van der Waals surface area contributed by atoms with Gasteiger partial charge < -0.3 is 10.7 Å². The number of rotatable bonds is 5. The molecule has 106 valence electrons. The molecule has 1 aromatic heterocycles. The number of nitrogens with two attached hydrogens (primary N) is 1. The fraction of sp³-hybridized carbons (Fsp3) is 0.667. The van der Waals surface area contributed by atoms with Crippen LogP contribution in [0.3, 0.4) is 0 Å². The molecule has 1 aromatic rings. The summed E-state index contributed by atoms with van der Waals surface area (Å²) in [6, 6.07) is 2.37. The lowest BCUT2D eigenvalue weighted by Crippen LogP contribution is -2.27. The lowest BCUT2D eigenvalue weighted by atomic mass is 9.95. The predicted molar refractivity (Wildman–Crippen MR) is 84.8 cm³/mol. The minimum Gasteiger partial charge on any atom is -0.367 e. The summed E-state index contributed by atoms with van der Waals surface area (Å²) in [5, 5.41) is 5.06. The van der Waals surface area contributed by atoms with Gasteiger partial charge >= 0.3 is 0 Å². The van der Waals surface area contributed by atoms with Gasteiger partial charge in [-0.1, -0.05) is 11.8 Å². The van der Waals surface area contributed by atoms with Crippen molar-refractivity contribution in [1.29, 1.82) is 0 Å². The first-order valence-corrected chi connectivity index (χ1v) is 8.95. The van der Waals surface area contributed by atoms with Crippen molar-refractivity contribution in [3.05, 3.63) is 6.07 Å². The number of hydrazine groups is 1. The van der Waals surface area contributed by atoms with Crippen molar-refractivity contribution >= 4 is 35.2 Å². The van der Waals surface area contributed by atoms with E-state index in [0.29, 0.717) is 11.9 Å². The van der Waals surface area contributed by atoms with Gasteiger partial charge in [-0.05, 0) is 38.2 Å². The first-order valence-electron chi connectivity index (χ1n) is 6.44. The second kappa shape index (κ2) is 7.21. The van der Waals surface area contributed by atoms with E-state index in [2.05, 4.69) is 27.0 Å². The maximum atomic E-state index is 5.43. The summed E-state index contributed by atoms with van der Waals surface area (Å²) in [6.45, 7) is 0. The van der Waals surface area contributed by atoms with Crippen LogP contribution in [0.2, 0.25) is 0 Å². The van der Waals surface area contributed by atoms with Gasteiger partial charge in [0.15, 0.2) is 5.16 Å². The lowest BCUT2D eigenvalue weighted by molar-refractivity contribution is 0.472. The van der Waals surface area contributed by atoms with Gasteiger partial charge in [0.25, 0.3) is 0 Å². The molecule has 1 aliphatic rings. The van der Waals surface area contributed by atoms with Crippen LogP contribution in [-0.2, 0) is 0 Å². The van der Waals surface area contributed by atoms with E-state index in [0.717, 1.165) is 16.2 Å². The van der Waals surface area contributed by atoms with E-state index in [1.807, 2.05) is 24.1 Å². The Kier molecular flexibility index (Phi) is 5.59. The average Bonchev–Trinajstić information content (AvgIpc) is 2.47. The average molecular weight is 299 g/mol. The normalized spacial score (nSPS) is 23.1. The Labute approximate surface area is 122 Å². The van der Waals surface area contributed by atoms with Crippen LogP contribution in [0.1, 0.15) is 25.7 Å². The third-order valence-corrected chi connectivity index (χ3v) is 5.08. The molecular weight excluding hydrogens is 278 g/mol. The molecule has 2 rings (SSSR count). The Morgan fingerprint density at radius 2 is 1.84 bits per heavy atom. The molecule has 19 heavy (non-hydrogen) atoms. The Bertz CT molecular complexity index is 385. The zero-order valence-corrected chi connectivity index (χ0v) is 13.0. The molecule has 1 saturated carbocycles. The maximum Gasteiger partial charge on any atom is 0.191 e. The van der Waals surface area contributed by atoms with E-state index in [1.54, 1.807) is 0 Å². The van der Waals surface area contributed by atoms with Crippen LogP contribution in [0, 0.1) is 0 Å². The quantitative estimate of drug-likeness (QED) is 0.334. The summed E-state index contributed by atoms with van der Waals surface area (Å²) < 4.78 is 0. The minimum absolute atomic E-state index is 0.513. The van der Waals surface area contributed by atoms with E-state index in [9.17, 15) is 0 Å².